The minimum Gasteiger partial charge on any atom is -0.351 e. The summed E-state index contributed by atoms with van der Waals surface area (Å²) in [5.41, 5.74) is 3.24. The Morgan fingerprint density at radius 2 is 1.70 bits per heavy atom. The zero-order valence-electron chi connectivity index (χ0n) is 20.7. The van der Waals surface area contributed by atoms with E-state index in [9.17, 15) is 4.79 Å². The Morgan fingerprint density at radius 3 is 2.30 bits per heavy atom. The zero-order valence-corrected chi connectivity index (χ0v) is 22.2. The fourth-order valence-corrected chi connectivity index (χ4v) is 4.78. The number of hydrogen-bond donors (Lipinski definition) is 1. The van der Waals surface area contributed by atoms with Gasteiger partial charge in [-0.2, -0.15) is 0 Å². The summed E-state index contributed by atoms with van der Waals surface area (Å²) in [6.45, 7) is 10.6. The first-order valence-corrected chi connectivity index (χ1v) is 13.3. The highest BCUT2D eigenvalue weighted by Gasteiger charge is 2.34. The van der Waals surface area contributed by atoms with Gasteiger partial charge in [-0.25, -0.2) is 0 Å². The predicted molar refractivity (Wildman–Crippen MR) is 144 cm³/mol. The molecular formula is C27H39Cl2N3O. The van der Waals surface area contributed by atoms with Crippen LogP contribution in [0, 0.1) is 0 Å². The number of nitrogens with zero attached hydrogens (tertiary/aromatic N) is 2. The average molecular weight is 493 g/mol. The molecule has 0 spiro atoms. The molecule has 1 heterocycles. The van der Waals surface area contributed by atoms with Crippen molar-refractivity contribution in [2.45, 2.75) is 90.6 Å². The number of carbonyl (C=O) groups is 1. The summed E-state index contributed by atoms with van der Waals surface area (Å²) < 4.78 is 0. The molecule has 1 aromatic carbocycles. The number of amidine groups is 1. The molecule has 0 aromatic heterocycles. The van der Waals surface area contributed by atoms with Crippen molar-refractivity contribution in [2.75, 3.05) is 11.4 Å². The number of anilines is 1. The van der Waals surface area contributed by atoms with E-state index < -0.39 is 6.04 Å². The van der Waals surface area contributed by atoms with Crippen LogP contribution in [0.25, 0.3) is 0 Å². The van der Waals surface area contributed by atoms with Crippen LogP contribution in [0.15, 0.2) is 52.6 Å². The second-order valence-corrected chi connectivity index (χ2v) is 9.17. The molecule has 1 aliphatic heterocycles. The molecule has 33 heavy (non-hydrogen) atoms. The Morgan fingerprint density at radius 1 is 1.06 bits per heavy atom. The monoisotopic (exact) mass is 491 g/mol. The van der Waals surface area contributed by atoms with E-state index in [1.165, 1.54) is 24.8 Å². The van der Waals surface area contributed by atoms with Crippen LogP contribution in [-0.2, 0) is 4.79 Å². The molecule has 1 aromatic rings. The molecule has 1 saturated carbocycles. The van der Waals surface area contributed by atoms with Crippen LogP contribution < -0.4 is 10.2 Å². The van der Waals surface area contributed by atoms with Gasteiger partial charge in [0.2, 0.25) is 5.91 Å². The van der Waals surface area contributed by atoms with Gasteiger partial charge in [0, 0.05) is 22.3 Å². The first-order valence-electron chi connectivity index (χ1n) is 12.4. The summed E-state index contributed by atoms with van der Waals surface area (Å²) in [6.07, 6.45) is 10.6. The lowest BCUT2D eigenvalue weighted by Gasteiger charge is -2.25. The third-order valence-corrected chi connectivity index (χ3v) is 6.51. The van der Waals surface area contributed by atoms with Gasteiger partial charge in [0.05, 0.1) is 11.9 Å². The quantitative estimate of drug-likeness (QED) is 0.448. The molecular weight excluding hydrogens is 453 g/mol. The first kappa shape index (κ1) is 27.5. The highest BCUT2D eigenvalue weighted by atomic mass is 35.5. The van der Waals surface area contributed by atoms with Crippen molar-refractivity contribution >= 4 is 40.6 Å². The van der Waals surface area contributed by atoms with E-state index in [0.29, 0.717) is 11.6 Å². The fourth-order valence-electron chi connectivity index (χ4n) is 4.35. The molecule has 0 bridgehead atoms. The van der Waals surface area contributed by atoms with Crippen LogP contribution >= 0.6 is 23.2 Å². The van der Waals surface area contributed by atoms with Gasteiger partial charge in [0.1, 0.15) is 11.9 Å². The molecule has 2 atom stereocenters. The second kappa shape index (κ2) is 13.8. The van der Waals surface area contributed by atoms with E-state index in [1.807, 2.05) is 64.1 Å². The summed E-state index contributed by atoms with van der Waals surface area (Å²) in [4.78, 5) is 20.0. The summed E-state index contributed by atoms with van der Waals surface area (Å²) in [6, 6.07) is 7.57. The standard InChI is InChI=1S/C23H27Cl2N3O.2C2H6/c1-15-13-17(25)9-12-20(15)22-27-21(23(29)26-18-5-3-2-4-6-18)14-28(22)19-10-7-16(24)8-11-19;2*1-2/h7-12,17-18,21H,2-6,13-14H2,1H3,(H,26,29);2*1-2H3. The van der Waals surface area contributed by atoms with Gasteiger partial charge in [-0.3, -0.25) is 9.79 Å². The largest absolute Gasteiger partial charge is 0.351 e. The molecule has 4 nitrogen and oxygen atoms in total. The lowest BCUT2D eigenvalue weighted by molar-refractivity contribution is -0.122. The molecule has 182 valence electrons. The number of allylic oxidation sites excluding steroid dienone is 2. The Labute approximate surface area is 210 Å². The third-order valence-electron chi connectivity index (χ3n) is 5.96. The number of rotatable bonds is 4. The van der Waals surface area contributed by atoms with Crippen molar-refractivity contribution in [1.82, 2.24) is 5.32 Å². The van der Waals surface area contributed by atoms with Crippen LogP contribution in [0.4, 0.5) is 5.69 Å². The Hall–Kier alpha value is -1.78. The van der Waals surface area contributed by atoms with E-state index in [2.05, 4.69) is 17.1 Å². The van der Waals surface area contributed by atoms with Gasteiger partial charge >= 0.3 is 0 Å². The van der Waals surface area contributed by atoms with Crippen LogP contribution in [0.1, 0.15) is 73.1 Å². The number of aliphatic imine (C=N–C) groups is 1. The molecule has 1 fully saturated rings. The molecule has 0 saturated heterocycles. The summed E-state index contributed by atoms with van der Waals surface area (Å²) in [5.74, 6) is 0.868. The Kier molecular flexibility index (Phi) is 11.5. The number of carbonyl (C=O) groups excluding carboxylic acids is 1. The van der Waals surface area contributed by atoms with Crippen molar-refractivity contribution in [1.29, 1.82) is 0 Å². The maximum atomic E-state index is 13.0. The smallest absolute Gasteiger partial charge is 0.246 e. The van der Waals surface area contributed by atoms with Crippen molar-refractivity contribution in [3.8, 4) is 0 Å². The minimum atomic E-state index is -0.412. The van der Waals surface area contributed by atoms with Gasteiger partial charge in [-0.15, -0.1) is 11.6 Å². The van der Waals surface area contributed by atoms with Crippen molar-refractivity contribution in [2.24, 2.45) is 4.99 Å². The topological polar surface area (TPSA) is 44.7 Å². The molecule has 6 heteroatoms. The third kappa shape index (κ3) is 7.35. The maximum Gasteiger partial charge on any atom is 0.246 e. The van der Waals surface area contributed by atoms with E-state index >= 15 is 0 Å². The molecule has 2 unspecified atom stereocenters. The van der Waals surface area contributed by atoms with Gasteiger partial charge in [0.25, 0.3) is 0 Å². The maximum absolute atomic E-state index is 13.0. The molecule has 1 amide bonds. The molecule has 1 N–H and O–H groups in total. The SMILES string of the molecule is CC.CC.CC1=C(C2=NC(C(=O)NC3CCCCC3)CN2c2ccc(Cl)cc2)C=CC(Cl)C1. The average Bonchev–Trinajstić information content (AvgIpc) is 3.28. The first-order chi connectivity index (χ1) is 16.0. The zero-order chi connectivity index (χ0) is 24.4. The van der Waals surface area contributed by atoms with Crippen molar-refractivity contribution in [3.63, 3.8) is 0 Å². The van der Waals surface area contributed by atoms with Gasteiger partial charge in [-0.1, -0.05) is 76.3 Å². The summed E-state index contributed by atoms with van der Waals surface area (Å²) in [5, 5.41) is 3.93. The molecule has 2 aliphatic carbocycles. The van der Waals surface area contributed by atoms with Gasteiger partial charge in [0.15, 0.2) is 0 Å². The van der Waals surface area contributed by atoms with E-state index in [4.69, 9.17) is 28.2 Å². The Balaban J connectivity index is 0.000000914. The molecule has 4 rings (SSSR count). The second-order valence-electron chi connectivity index (χ2n) is 8.17. The van der Waals surface area contributed by atoms with Crippen LogP contribution in [0.3, 0.4) is 0 Å². The summed E-state index contributed by atoms with van der Waals surface area (Å²) >= 11 is 12.4. The molecule has 0 radical (unpaired) electrons. The number of nitrogens with one attached hydrogen (secondary N) is 1. The summed E-state index contributed by atoms with van der Waals surface area (Å²) in [7, 11) is 0. The highest BCUT2D eigenvalue weighted by Crippen LogP contribution is 2.30. The number of hydrogen-bond acceptors (Lipinski definition) is 3. The van der Waals surface area contributed by atoms with Crippen molar-refractivity contribution < 1.29 is 4.79 Å². The number of alkyl halides is 1. The Bertz CT molecular complexity index is 855. The highest BCUT2D eigenvalue weighted by molar-refractivity contribution is 6.30. The number of halogens is 2. The number of benzene rings is 1. The van der Waals surface area contributed by atoms with Gasteiger partial charge in [-0.05, 0) is 50.5 Å². The lowest BCUT2D eigenvalue weighted by Crippen LogP contribution is -2.43. The number of amides is 1. The van der Waals surface area contributed by atoms with Crippen LogP contribution in [-0.4, -0.2) is 35.7 Å². The minimum absolute atomic E-state index is 0.00938. The van der Waals surface area contributed by atoms with Crippen LogP contribution in [0.2, 0.25) is 5.02 Å². The molecule has 3 aliphatic rings. The normalized spacial score (nSPS) is 22.6. The predicted octanol–water partition coefficient (Wildman–Crippen LogP) is 7.31. The van der Waals surface area contributed by atoms with Crippen LogP contribution in [0.5, 0.6) is 0 Å². The van der Waals surface area contributed by atoms with Crippen molar-refractivity contribution in [3.05, 3.63) is 52.6 Å². The fraction of sp³-hybridized carbons (Fsp3) is 0.556. The van der Waals surface area contributed by atoms with Gasteiger partial charge < -0.3 is 10.2 Å². The lowest BCUT2D eigenvalue weighted by atomic mass is 9.95. The van der Waals surface area contributed by atoms with E-state index in [0.717, 1.165) is 36.4 Å². The van der Waals surface area contributed by atoms with E-state index in [-0.39, 0.29) is 17.3 Å². The van der Waals surface area contributed by atoms with E-state index in [1.54, 1.807) is 0 Å².